The summed E-state index contributed by atoms with van der Waals surface area (Å²) in [5.74, 6) is -2.33. The van der Waals surface area contributed by atoms with Gasteiger partial charge < -0.3 is 4.42 Å². The number of hydrogen-bond donors (Lipinski definition) is 0. The van der Waals surface area contributed by atoms with Crippen molar-refractivity contribution in [3.63, 3.8) is 0 Å². The van der Waals surface area contributed by atoms with Crippen LogP contribution < -0.4 is 0 Å². The number of Topliss-reactive ketones (excluding diaryl/α,β-unsaturated/α-hetero) is 1. The lowest BCUT2D eigenvalue weighted by atomic mass is 9.63. The second-order valence-electron chi connectivity index (χ2n) is 5.28. The minimum atomic E-state index is -1.96. The lowest BCUT2D eigenvalue weighted by molar-refractivity contribution is -0.122. The molecule has 1 heterocycles. The van der Waals surface area contributed by atoms with Gasteiger partial charge in [-0.3, -0.25) is 4.79 Å². The third-order valence-corrected chi connectivity index (χ3v) is 4.06. The largest absolute Gasteiger partial charge is 0.465 e. The summed E-state index contributed by atoms with van der Waals surface area (Å²) < 4.78 is 5.18. The predicted octanol–water partition coefficient (Wildman–Crippen LogP) is 2.73. The van der Waals surface area contributed by atoms with Crippen LogP contribution in [0.2, 0.25) is 0 Å². The highest BCUT2D eigenvalue weighted by atomic mass is 16.3. The molecule has 23 heavy (non-hydrogen) atoms. The Morgan fingerprint density at radius 2 is 1.96 bits per heavy atom. The molecule has 1 aromatic heterocycles. The zero-order valence-corrected chi connectivity index (χ0v) is 12.2. The number of nitriles is 4. The second-order valence-corrected chi connectivity index (χ2v) is 5.28. The lowest BCUT2D eigenvalue weighted by Crippen LogP contribution is -2.41. The number of carbonyl (C=O) groups excluding carboxylic acids is 1. The average Bonchev–Trinajstić information content (AvgIpc) is 3.08. The molecule has 0 saturated heterocycles. The van der Waals surface area contributed by atoms with Gasteiger partial charge in [-0.05, 0) is 43.0 Å². The highest BCUT2D eigenvalue weighted by Gasteiger charge is 2.52. The van der Waals surface area contributed by atoms with Crippen LogP contribution in [0, 0.1) is 62.6 Å². The molecule has 112 valence electrons. The Bertz CT molecular complexity index is 766. The molecule has 6 heteroatoms. The molecule has 1 aliphatic carbocycles. The predicted molar refractivity (Wildman–Crippen MR) is 77.4 cm³/mol. The first kappa shape index (κ1) is 16.0. The van der Waals surface area contributed by atoms with Gasteiger partial charge in [-0.1, -0.05) is 0 Å². The van der Waals surface area contributed by atoms with E-state index in [-0.39, 0.29) is 5.78 Å². The lowest BCUT2D eigenvalue weighted by Gasteiger charge is -2.32. The number of nitrogens with zero attached hydrogens (tertiary/aromatic N) is 4. The monoisotopic (exact) mass is 304 g/mol. The summed E-state index contributed by atoms with van der Waals surface area (Å²) in [6.45, 7) is 0. The minimum absolute atomic E-state index is 0.301. The van der Waals surface area contributed by atoms with Crippen molar-refractivity contribution >= 4 is 11.9 Å². The smallest absolute Gasteiger partial charge is 0.182 e. The van der Waals surface area contributed by atoms with Gasteiger partial charge >= 0.3 is 0 Å². The zero-order chi connectivity index (χ0) is 16.9. The summed E-state index contributed by atoms with van der Waals surface area (Å²) in [6, 6.07) is 10.3. The van der Waals surface area contributed by atoms with Crippen LogP contribution in [0.25, 0.3) is 6.08 Å². The maximum Gasteiger partial charge on any atom is 0.182 e. The number of hydrogen-bond acceptors (Lipinski definition) is 6. The Morgan fingerprint density at radius 1 is 1.26 bits per heavy atom. The summed E-state index contributed by atoms with van der Waals surface area (Å²) in [5, 5.41) is 37.1. The molecule has 6 nitrogen and oxygen atoms in total. The van der Waals surface area contributed by atoms with E-state index in [2.05, 4.69) is 0 Å². The number of ketones is 1. The first-order valence-corrected chi connectivity index (χ1v) is 7.03. The van der Waals surface area contributed by atoms with E-state index in [4.69, 9.17) is 14.9 Å². The Hall–Kier alpha value is -3.35. The van der Waals surface area contributed by atoms with Gasteiger partial charge in [0.05, 0.1) is 36.5 Å². The van der Waals surface area contributed by atoms with Gasteiger partial charge in [0.25, 0.3) is 0 Å². The molecule has 2 rings (SSSR count). The van der Waals surface area contributed by atoms with Gasteiger partial charge in [0.1, 0.15) is 5.76 Å². The molecule has 1 fully saturated rings. The summed E-state index contributed by atoms with van der Waals surface area (Å²) in [6.07, 6.45) is 4.47. The standard InChI is InChI=1S/C17H12N4O2/c18-8-13(9-19)17(10-20,11-21)15-5-1-3-12(16(15)22)7-14-4-2-6-23-14/h2,4,6-7,13,15H,1,3,5H2/b12-7+/t15-/m0/s1. The van der Waals surface area contributed by atoms with E-state index in [1.54, 1.807) is 42.5 Å². The molecule has 0 radical (unpaired) electrons. The van der Waals surface area contributed by atoms with E-state index in [0.29, 0.717) is 30.6 Å². The van der Waals surface area contributed by atoms with E-state index < -0.39 is 17.3 Å². The van der Waals surface area contributed by atoms with E-state index >= 15 is 0 Å². The maximum absolute atomic E-state index is 12.7. The molecule has 0 bridgehead atoms. The van der Waals surface area contributed by atoms with Crippen LogP contribution in [-0.4, -0.2) is 5.78 Å². The van der Waals surface area contributed by atoms with Crippen molar-refractivity contribution in [3.8, 4) is 24.3 Å². The highest BCUT2D eigenvalue weighted by Crippen LogP contribution is 2.43. The molecule has 0 spiro atoms. The first-order chi connectivity index (χ1) is 11.1. The second kappa shape index (κ2) is 6.61. The quantitative estimate of drug-likeness (QED) is 0.790. The maximum atomic E-state index is 12.7. The van der Waals surface area contributed by atoms with E-state index in [9.17, 15) is 15.3 Å². The molecule has 1 aliphatic rings. The molecular formula is C17H12N4O2. The van der Waals surface area contributed by atoms with E-state index in [1.807, 2.05) is 0 Å². The van der Waals surface area contributed by atoms with Crippen molar-refractivity contribution in [1.82, 2.24) is 0 Å². The molecule has 0 aliphatic heterocycles. The summed E-state index contributed by atoms with van der Waals surface area (Å²) in [5.41, 5.74) is -1.51. The molecule has 1 saturated carbocycles. The van der Waals surface area contributed by atoms with Crippen molar-refractivity contribution in [1.29, 1.82) is 21.0 Å². The molecule has 1 aromatic rings. The summed E-state index contributed by atoms with van der Waals surface area (Å²) in [4.78, 5) is 12.7. The fraction of sp³-hybridized carbons (Fsp3) is 0.353. The van der Waals surface area contributed by atoms with Crippen molar-refractivity contribution in [3.05, 3.63) is 29.7 Å². The molecular weight excluding hydrogens is 292 g/mol. The van der Waals surface area contributed by atoms with Crippen molar-refractivity contribution < 1.29 is 9.21 Å². The minimum Gasteiger partial charge on any atom is -0.465 e. The Kier molecular flexibility index (Phi) is 4.61. The molecule has 0 N–H and O–H groups in total. The van der Waals surface area contributed by atoms with Gasteiger partial charge in [-0.2, -0.15) is 21.0 Å². The third kappa shape index (κ3) is 2.71. The van der Waals surface area contributed by atoms with Crippen molar-refractivity contribution in [2.24, 2.45) is 17.3 Å². The topological polar surface area (TPSA) is 125 Å². The number of carbonyl (C=O) groups is 1. The summed E-state index contributed by atoms with van der Waals surface area (Å²) >= 11 is 0. The fourth-order valence-electron chi connectivity index (χ4n) is 2.84. The SMILES string of the molecule is N#CC(C#N)C(C#N)(C#N)[C@H]1CCC/C(=C\c2ccco2)C1=O. The molecule has 0 aromatic carbocycles. The van der Waals surface area contributed by atoms with E-state index in [0.717, 1.165) is 0 Å². The molecule has 1 atom stereocenters. The van der Waals surface area contributed by atoms with Crippen molar-refractivity contribution in [2.45, 2.75) is 19.3 Å². The highest BCUT2D eigenvalue weighted by molar-refractivity contribution is 6.02. The van der Waals surface area contributed by atoms with Crippen LogP contribution in [0.1, 0.15) is 25.0 Å². The molecule has 0 unspecified atom stereocenters. The van der Waals surface area contributed by atoms with Gasteiger partial charge in [0, 0.05) is 0 Å². The Labute approximate surface area is 133 Å². The first-order valence-electron chi connectivity index (χ1n) is 7.03. The number of allylic oxidation sites excluding steroid dienone is 1. The van der Waals surface area contributed by atoms with Crippen LogP contribution in [0.4, 0.5) is 0 Å². The van der Waals surface area contributed by atoms with Crippen LogP contribution in [-0.2, 0) is 4.79 Å². The average molecular weight is 304 g/mol. The third-order valence-electron chi connectivity index (χ3n) is 4.06. The van der Waals surface area contributed by atoms with Crippen LogP contribution in [0.15, 0.2) is 28.4 Å². The van der Waals surface area contributed by atoms with Crippen molar-refractivity contribution in [2.75, 3.05) is 0 Å². The van der Waals surface area contributed by atoms with Gasteiger partial charge in [0.15, 0.2) is 17.1 Å². The van der Waals surface area contributed by atoms with Crippen LogP contribution >= 0.6 is 0 Å². The Balaban J connectivity index is 2.45. The van der Waals surface area contributed by atoms with Crippen LogP contribution in [0.3, 0.4) is 0 Å². The number of rotatable bonds is 3. The van der Waals surface area contributed by atoms with Crippen LogP contribution in [0.5, 0.6) is 0 Å². The van der Waals surface area contributed by atoms with Gasteiger partial charge in [-0.15, -0.1) is 0 Å². The summed E-state index contributed by atoms with van der Waals surface area (Å²) in [7, 11) is 0. The fourth-order valence-corrected chi connectivity index (χ4v) is 2.84. The Morgan fingerprint density at radius 3 is 2.48 bits per heavy atom. The van der Waals surface area contributed by atoms with E-state index in [1.165, 1.54) is 6.26 Å². The zero-order valence-electron chi connectivity index (χ0n) is 12.2. The normalized spacial score (nSPS) is 19.6. The molecule has 0 amide bonds. The van der Waals surface area contributed by atoms with Gasteiger partial charge in [-0.25, -0.2) is 0 Å². The number of furan rings is 1. The van der Waals surface area contributed by atoms with Gasteiger partial charge in [0.2, 0.25) is 0 Å².